The van der Waals surface area contributed by atoms with Crippen molar-refractivity contribution in [2.24, 2.45) is 5.92 Å². The number of piperazine rings is 1. The van der Waals surface area contributed by atoms with Crippen molar-refractivity contribution in [3.8, 4) is 23.3 Å². The molecule has 1 amide bonds. The number of aromatic nitrogens is 3. The maximum absolute atomic E-state index is 16.5. The normalized spacial score (nSPS) is 24.8. The van der Waals surface area contributed by atoms with Gasteiger partial charge in [-0.25, -0.2) is 4.39 Å². The van der Waals surface area contributed by atoms with E-state index in [1.165, 1.54) is 23.6 Å². The fraction of sp³-hybridized carbons (Fsp3) is 0.469. The largest absolute Gasteiger partial charge is 0.462 e. The highest BCUT2D eigenvalue weighted by molar-refractivity contribution is 5.93. The Balaban J connectivity index is 1.29. The van der Waals surface area contributed by atoms with Gasteiger partial charge in [-0.15, -0.1) is 0 Å². The Morgan fingerprint density at radius 3 is 2.93 bits per heavy atom. The highest BCUT2D eigenvalue weighted by atomic mass is 19.1. The number of hydrogen-bond acceptors (Lipinski definition) is 8. The fourth-order valence-electron chi connectivity index (χ4n) is 7.13. The number of likely N-dealkylation sites (tertiary alicyclic amines) is 1. The van der Waals surface area contributed by atoms with Gasteiger partial charge in [-0.3, -0.25) is 9.78 Å². The van der Waals surface area contributed by atoms with Crippen LogP contribution in [-0.2, 0) is 11.2 Å². The van der Waals surface area contributed by atoms with Gasteiger partial charge in [0.05, 0.1) is 23.9 Å². The molecule has 3 fully saturated rings. The number of amides is 1. The molecular formula is C32H34FN7O2. The summed E-state index contributed by atoms with van der Waals surface area (Å²) in [5.74, 6) is 1.07. The second-order valence-corrected chi connectivity index (χ2v) is 12.0. The van der Waals surface area contributed by atoms with Gasteiger partial charge in [-0.05, 0) is 68.3 Å². The van der Waals surface area contributed by atoms with E-state index >= 15 is 4.39 Å². The van der Waals surface area contributed by atoms with Gasteiger partial charge in [0.1, 0.15) is 23.6 Å². The van der Waals surface area contributed by atoms with Crippen molar-refractivity contribution in [1.29, 1.82) is 5.26 Å². The maximum atomic E-state index is 16.5. The first-order chi connectivity index (χ1) is 20.5. The molecule has 4 aliphatic rings. The summed E-state index contributed by atoms with van der Waals surface area (Å²) in [4.78, 5) is 32.4. The summed E-state index contributed by atoms with van der Waals surface area (Å²) < 4.78 is 22.7. The molecule has 216 valence electrons. The average molecular weight is 568 g/mol. The Hall–Kier alpha value is -4.10. The van der Waals surface area contributed by atoms with Gasteiger partial charge in [0.25, 0.3) is 0 Å². The molecule has 2 saturated heterocycles. The van der Waals surface area contributed by atoms with Crippen LogP contribution in [0.4, 0.5) is 10.2 Å². The molecular weight excluding hydrogens is 533 g/mol. The SMILES string of the molecule is C=CC(=O)N1CCN(c2nc(OC[C@@H]3CCCN3C)nc3c(F)c(-c4cccc5c4CC4CC54)ncc23)C[C@@H]1CC#N. The molecule has 9 nitrogen and oxygen atoms in total. The summed E-state index contributed by atoms with van der Waals surface area (Å²) in [6.07, 6.45) is 7.40. The van der Waals surface area contributed by atoms with E-state index in [4.69, 9.17) is 9.72 Å². The number of pyridine rings is 1. The second kappa shape index (κ2) is 10.6. The predicted octanol–water partition coefficient (Wildman–Crippen LogP) is 4.08. The van der Waals surface area contributed by atoms with E-state index in [9.17, 15) is 10.1 Å². The maximum Gasteiger partial charge on any atom is 0.319 e. The minimum atomic E-state index is -0.484. The molecule has 2 aliphatic carbocycles. The van der Waals surface area contributed by atoms with Crippen molar-refractivity contribution in [2.45, 2.75) is 50.1 Å². The summed E-state index contributed by atoms with van der Waals surface area (Å²) in [6, 6.07) is 8.32. The summed E-state index contributed by atoms with van der Waals surface area (Å²) in [5, 5.41) is 9.96. The summed E-state index contributed by atoms with van der Waals surface area (Å²) >= 11 is 0. The minimum Gasteiger partial charge on any atom is -0.462 e. The first-order valence-electron chi connectivity index (χ1n) is 14.8. The monoisotopic (exact) mass is 567 g/mol. The molecule has 0 N–H and O–H groups in total. The number of carbonyl (C=O) groups is 1. The molecule has 1 saturated carbocycles. The lowest BCUT2D eigenvalue weighted by atomic mass is 9.96. The molecule has 2 aromatic heterocycles. The van der Waals surface area contributed by atoms with Gasteiger partial charge in [0.15, 0.2) is 5.82 Å². The number of nitrogens with zero attached hydrogens (tertiary/aromatic N) is 7. The molecule has 1 aromatic carbocycles. The third kappa shape index (κ3) is 4.56. The lowest BCUT2D eigenvalue weighted by Crippen LogP contribution is -2.55. The molecule has 4 atom stereocenters. The number of likely N-dealkylation sites (N-methyl/N-ethyl adjacent to an activating group) is 1. The quantitative estimate of drug-likeness (QED) is 0.394. The second-order valence-electron chi connectivity index (χ2n) is 12.0. The van der Waals surface area contributed by atoms with Gasteiger partial charge >= 0.3 is 6.01 Å². The lowest BCUT2D eigenvalue weighted by Gasteiger charge is -2.41. The molecule has 4 heterocycles. The molecule has 2 unspecified atom stereocenters. The number of benzene rings is 1. The van der Waals surface area contributed by atoms with Crippen LogP contribution in [0.15, 0.2) is 37.1 Å². The number of halogens is 1. The van der Waals surface area contributed by atoms with E-state index in [0.29, 0.717) is 55.0 Å². The van der Waals surface area contributed by atoms with Crippen LogP contribution in [0.2, 0.25) is 0 Å². The number of ether oxygens (including phenoxy) is 1. The number of rotatable bonds is 7. The molecule has 0 radical (unpaired) electrons. The topological polar surface area (TPSA) is 98.5 Å². The average Bonchev–Trinajstić information content (AvgIpc) is 3.50. The molecule has 0 spiro atoms. The van der Waals surface area contributed by atoms with E-state index in [0.717, 1.165) is 31.4 Å². The third-order valence-electron chi connectivity index (χ3n) is 9.54. The van der Waals surface area contributed by atoms with Crippen LogP contribution in [0.3, 0.4) is 0 Å². The van der Waals surface area contributed by atoms with Crippen molar-refractivity contribution >= 4 is 22.6 Å². The molecule has 3 aromatic rings. The highest BCUT2D eigenvalue weighted by Crippen LogP contribution is 2.57. The number of hydrogen-bond donors (Lipinski definition) is 0. The van der Waals surface area contributed by atoms with Crippen LogP contribution in [0.1, 0.15) is 42.7 Å². The molecule has 2 aliphatic heterocycles. The Bertz CT molecular complexity index is 1620. The van der Waals surface area contributed by atoms with E-state index in [1.54, 1.807) is 11.1 Å². The van der Waals surface area contributed by atoms with Gasteiger partial charge in [-0.2, -0.15) is 15.2 Å². The van der Waals surface area contributed by atoms with Crippen molar-refractivity contribution in [2.75, 3.05) is 44.7 Å². The zero-order chi connectivity index (χ0) is 29.0. The van der Waals surface area contributed by atoms with E-state index in [-0.39, 0.29) is 35.9 Å². The van der Waals surface area contributed by atoms with E-state index < -0.39 is 5.82 Å². The summed E-state index contributed by atoms with van der Waals surface area (Å²) in [5.41, 5.74) is 3.82. The van der Waals surface area contributed by atoms with Gasteiger partial charge < -0.3 is 19.4 Å². The Morgan fingerprint density at radius 1 is 1.26 bits per heavy atom. The number of nitriles is 1. The lowest BCUT2D eigenvalue weighted by molar-refractivity contribution is -0.128. The van der Waals surface area contributed by atoms with Crippen LogP contribution in [0.5, 0.6) is 6.01 Å². The Kier molecular flexibility index (Phi) is 6.77. The van der Waals surface area contributed by atoms with Crippen molar-refractivity contribution < 1.29 is 13.9 Å². The van der Waals surface area contributed by atoms with Crippen molar-refractivity contribution in [1.82, 2.24) is 24.8 Å². The summed E-state index contributed by atoms with van der Waals surface area (Å²) in [7, 11) is 2.08. The standard InChI is InChI=1S/C32H34FN7O2/c1-3-27(41)40-13-12-39(17-20(40)9-10-34)31-26-16-35-29(23-8-4-7-22-24-14-19(24)15-25(22)23)28(33)30(26)36-32(37-31)42-18-21-6-5-11-38(21)2/h3-4,7-8,16,19-21,24H,1,5-6,9,11-15,17-18H2,2H3/t19?,20-,21-,24?/m0/s1. The number of anilines is 1. The van der Waals surface area contributed by atoms with Crippen LogP contribution in [0, 0.1) is 23.1 Å². The molecule has 42 heavy (non-hydrogen) atoms. The fourth-order valence-corrected chi connectivity index (χ4v) is 7.13. The highest BCUT2D eigenvalue weighted by Gasteiger charge is 2.46. The van der Waals surface area contributed by atoms with Crippen molar-refractivity contribution in [3.63, 3.8) is 0 Å². The predicted molar refractivity (Wildman–Crippen MR) is 157 cm³/mol. The minimum absolute atomic E-state index is 0.120. The molecule has 7 rings (SSSR count). The van der Waals surface area contributed by atoms with Gasteiger partial charge in [0.2, 0.25) is 5.91 Å². The Labute approximate surface area is 244 Å². The van der Waals surface area contributed by atoms with Gasteiger partial charge in [0, 0.05) is 37.4 Å². The van der Waals surface area contributed by atoms with E-state index in [2.05, 4.69) is 40.6 Å². The first kappa shape index (κ1) is 26.8. The zero-order valence-corrected chi connectivity index (χ0v) is 23.8. The third-order valence-corrected chi connectivity index (χ3v) is 9.54. The van der Waals surface area contributed by atoms with Crippen LogP contribution in [-0.4, -0.2) is 82.6 Å². The smallest absolute Gasteiger partial charge is 0.319 e. The zero-order valence-electron chi connectivity index (χ0n) is 23.8. The number of fused-ring (bicyclic) bond motifs is 4. The van der Waals surface area contributed by atoms with Crippen LogP contribution >= 0.6 is 0 Å². The van der Waals surface area contributed by atoms with Crippen LogP contribution in [0.25, 0.3) is 22.2 Å². The van der Waals surface area contributed by atoms with Gasteiger partial charge in [-0.1, -0.05) is 24.8 Å². The van der Waals surface area contributed by atoms with Crippen LogP contribution < -0.4 is 9.64 Å². The van der Waals surface area contributed by atoms with Crippen molar-refractivity contribution in [3.05, 3.63) is 54.0 Å². The molecule has 0 bridgehead atoms. The molecule has 10 heteroatoms. The first-order valence-corrected chi connectivity index (χ1v) is 14.8. The summed E-state index contributed by atoms with van der Waals surface area (Å²) in [6.45, 7) is 6.24. The van der Waals surface area contributed by atoms with E-state index in [1.807, 2.05) is 17.0 Å². The number of carbonyl (C=O) groups excluding carboxylic acids is 1. The Morgan fingerprint density at radius 2 is 2.14 bits per heavy atom.